The Hall–Kier alpha value is -1.83. The normalized spacial score (nSPS) is 22.6. The van der Waals surface area contributed by atoms with Crippen LogP contribution in [0.3, 0.4) is 0 Å². The number of fused-ring (bicyclic) bond motifs is 1. The van der Waals surface area contributed by atoms with Gasteiger partial charge in [-0.05, 0) is 60.6 Å². The summed E-state index contributed by atoms with van der Waals surface area (Å²) in [6, 6.07) is 12.8. The zero-order valence-corrected chi connectivity index (χ0v) is 11.9. The molecule has 0 radical (unpaired) electrons. The zero-order chi connectivity index (χ0) is 13.9. The molecule has 2 aromatic rings. The van der Waals surface area contributed by atoms with Crippen molar-refractivity contribution in [2.24, 2.45) is 5.92 Å². The van der Waals surface area contributed by atoms with Crippen LogP contribution in [0.15, 0.2) is 36.4 Å². The first-order chi connectivity index (χ1) is 9.74. The topological polar surface area (TPSA) is 29.1 Å². The van der Waals surface area contributed by atoms with Crippen molar-refractivity contribution in [3.63, 3.8) is 0 Å². The Labute approximate surface area is 120 Å². The lowest BCUT2D eigenvalue weighted by molar-refractivity contribution is 0.112. The molecule has 0 unspecified atom stereocenters. The molecule has 1 N–H and O–H groups in total. The van der Waals surface area contributed by atoms with Crippen molar-refractivity contribution in [1.82, 2.24) is 0 Å². The highest BCUT2D eigenvalue weighted by molar-refractivity contribution is 5.90. The van der Waals surface area contributed by atoms with Gasteiger partial charge in [0.1, 0.15) is 6.29 Å². The Kier molecular flexibility index (Phi) is 3.72. The number of rotatable bonds is 3. The van der Waals surface area contributed by atoms with Gasteiger partial charge in [0, 0.05) is 17.3 Å². The Balaban J connectivity index is 1.77. The smallest absolute Gasteiger partial charge is 0.150 e. The van der Waals surface area contributed by atoms with E-state index in [9.17, 15) is 4.79 Å². The molecule has 3 rings (SSSR count). The van der Waals surface area contributed by atoms with Crippen LogP contribution in [0.4, 0.5) is 5.69 Å². The number of benzene rings is 2. The molecule has 0 amide bonds. The summed E-state index contributed by atoms with van der Waals surface area (Å²) in [7, 11) is 0. The van der Waals surface area contributed by atoms with E-state index in [2.05, 4.69) is 30.4 Å². The molecule has 0 heterocycles. The molecule has 20 heavy (non-hydrogen) atoms. The van der Waals surface area contributed by atoms with Crippen LogP contribution in [0.5, 0.6) is 0 Å². The lowest BCUT2D eigenvalue weighted by Gasteiger charge is -2.27. The highest BCUT2D eigenvalue weighted by Crippen LogP contribution is 2.27. The van der Waals surface area contributed by atoms with Crippen LogP contribution in [0.25, 0.3) is 10.8 Å². The SMILES string of the molecule is C[C@H]1CC[C@@H](Nc2ccc3cc(C=O)ccc3c2)CC1. The van der Waals surface area contributed by atoms with Crippen molar-refractivity contribution >= 4 is 22.7 Å². The number of carbonyl (C=O) groups is 1. The molecule has 2 nitrogen and oxygen atoms in total. The fourth-order valence-corrected chi connectivity index (χ4v) is 3.07. The Morgan fingerprint density at radius 3 is 2.45 bits per heavy atom. The van der Waals surface area contributed by atoms with Crippen LogP contribution in [0.2, 0.25) is 0 Å². The van der Waals surface area contributed by atoms with E-state index in [4.69, 9.17) is 0 Å². The van der Waals surface area contributed by atoms with Crippen molar-refractivity contribution in [1.29, 1.82) is 0 Å². The predicted octanol–water partition coefficient (Wildman–Crippen LogP) is 4.64. The molecule has 0 spiro atoms. The minimum absolute atomic E-state index is 0.609. The summed E-state index contributed by atoms with van der Waals surface area (Å²) in [6.07, 6.45) is 6.09. The Morgan fingerprint density at radius 2 is 1.70 bits per heavy atom. The maximum absolute atomic E-state index is 10.8. The third-order valence-electron chi connectivity index (χ3n) is 4.39. The van der Waals surface area contributed by atoms with Crippen LogP contribution in [0.1, 0.15) is 43.0 Å². The van der Waals surface area contributed by atoms with E-state index in [0.29, 0.717) is 6.04 Å². The molecular weight excluding hydrogens is 246 g/mol. The molecule has 0 aliphatic heterocycles. The highest BCUT2D eigenvalue weighted by Gasteiger charge is 2.17. The molecule has 2 aromatic carbocycles. The highest BCUT2D eigenvalue weighted by atomic mass is 16.1. The molecule has 2 heteroatoms. The van der Waals surface area contributed by atoms with Crippen molar-refractivity contribution in [2.45, 2.75) is 38.6 Å². The fourth-order valence-electron chi connectivity index (χ4n) is 3.07. The first kappa shape index (κ1) is 13.2. The van der Waals surface area contributed by atoms with Gasteiger partial charge in [-0.1, -0.05) is 25.1 Å². The maximum atomic E-state index is 10.8. The predicted molar refractivity (Wildman–Crippen MR) is 84.4 cm³/mol. The van der Waals surface area contributed by atoms with Gasteiger partial charge in [-0.15, -0.1) is 0 Å². The fraction of sp³-hybridized carbons (Fsp3) is 0.389. The van der Waals surface area contributed by atoms with Gasteiger partial charge in [0.2, 0.25) is 0 Å². The largest absolute Gasteiger partial charge is 0.382 e. The van der Waals surface area contributed by atoms with Crippen molar-refractivity contribution < 1.29 is 4.79 Å². The number of nitrogens with one attached hydrogen (secondary N) is 1. The molecule has 1 saturated carbocycles. The first-order valence-electron chi connectivity index (χ1n) is 7.50. The van der Waals surface area contributed by atoms with Crippen molar-refractivity contribution in [3.8, 4) is 0 Å². The second kappa shape index (κ2) is 5.66. The standard InChI is InChI=1S/C18H21NO/c1-13-2-7-17(8-3-13)19-18-9-6-15-10-14(12-20)4-5-16(15)11-18/h4-6,9-13,17,19H,2-3,7-8H2,1H3/t13-,17+. The molecule has 1 aliphatic rings. The second-order valence-electron chi connectivity index (χ2n) is 6.04. The lowest BCUT2D eigenvalue weighted by Crippen LogP contribution is -2.25. The molecule has 0 aromatic heterocycles. The zero-order valence-electron chi connectivity index (χ0n) is 11.9. The minimum Gasteiger partial charge on any atom is -0.382 e. The molecule has 0 saturated heterocycles. The van der Waals surface area contributed by atoms with Gasteiger partial charge >= 0.3 is 0 Å². The van der Waals surface area contributed by atoms with E-state index in [1.54, 1.807) is 0 Å². The second-order valence-corrected chi connectivity index (χ2v) is 6.04. The van der Waals surface area contributed by atoms with E-state index >= 15 is 0 Å². The van der Waals surface area contributed by atoms with Crippen LogP contribution in [-0.4, -0.2) is 12.3 Å². The van der Waals surface area contributed by atoms with Crippen LogP contribution in [-0.2, 0) is 0 Å². The molecule has 0 atom stereocenters. The molecule has 1 aliphatic carbocycles. The van der Waals surface area contributed by atoms with Gasteiger partial charge in [0.15, 0.2) is 0 Å². The van der Waals surface area contributed by atoms with E-state index in [-0.39, 0.29) is 0 Å². The number of hydrogen-bond donors (Lipinski definition) is 1. The molecule has 104 valence electrons. The molecular formula is C18H21NO. The van der Waals surface area contributed by atoms with Crippen LogP contribution >= 0.6 is 0 Å². The average Bonchev–Trinajstić information content (AvgIpc) is 2.49. The third kappa shape index (κ3) is 2.84. The van der Waals surface area contributed by atoms with E-state index in [1.807, 2.05) is 18.2 Å². The quantitative estimate of drug-likeness (QED) is 0.821. The van der Waals surface area contributed by atoms with E-state index < -0.39 is 0 Å². The van der Waals surface area contributed by atoms with Gasteiger partial charge in [-0.2, -0.15) is 0 Å². The summed E-state index contributed by atoms with van der Waals surface area (Å²) in [5.41, 5.74) is 1.93. The summed E-state index contributed by atoms with van der Waals surface area (Å²) in [5.74, 6) is 0.881. The number of aldehydes is 1. The lowest BCUT2D eigenvalue weighted by atomic mass is 9.87. The summed E-state index contributed by atoms with van der Waals surface area (Å²) < 4.78 is 0. The summed E-state index contributed by atoms with van der Waals surface area (Å²) in [5, 5.41) is 5.96. The van der Waals surface area contributed by atoms with Crippen molar-refractivity contribution in [3.05, 3.63) is 42.0 Å². The summed E-state index contributed by atoms with van der Waals surface area (Å²) in [6.45, 7) is 2.34. The van der Waals surface area contributed by atoms with Gasteiger partial charge in [0.05, 0.1) is 0 Å². The van der Waals surface area contributed by atoms with Gasteiger partial charge in [0.25, 0.3) is 0 Å². The van der Waals surface area contributed by atoms with Gasteiger partial charge in [-0.3, -0.25) is 4.79 Å². The number of hydrogen-bond acceptors (Lipinski definition) is 2. The summed E-state index contributed by atoms with van der Waals surface area (Å²) >= 11 is 0. The minimum atomic E-state index is 0.609. The van der Waals surface area contributed by atoms with E-state index in [1.165, 1.54) is 36.8 Å². The monoisotopic (exact) mass is 267 g/mol. The molecule has 0 bridgehead atoms. The maximum Gasteiger partial charge on any atom is 0.150 e. The average molecular weight is 267 g/mol. The van der Waals surface area contributed by atoms with Gasteiger partial charge in [-0.25, -0.2) is 0 Å². The Morgan fingerprint density at radius 1 is 1.00 bits per heavy atom. The van der Waals surface area contributed by atoms with Gasteiger partial charge < -0.3 is 5.32 Å². The summed E-state index contributed by atoms with van der Waals surface area (Å²) in [4.78, 5) is 10.8. The third-order valence-corrected chi connectivity index (χ3v) is 4.39. The number of carbonyl (C=O) groups excluding carboxylic acids is 1. The number of anilines is 1. The van der Waals surface area contributed by atoms with E-state index in [0.717, 1.165) is 23.2 Å². The Bertz CT molecular complexity index is 612. The van der Waals surface area contributed by atoms with Crippen LogP contribution in [0, 0.1) is 5.92 Å². The molecule has 1 fully saturated rings. The van der Waals surface area contributed by atoms with Crippen molar-refractivity contribution in [2.75, 3.05) is 5.32 Å². The first-order valence-corrected chi connectivity index (χ1v) is 7.50. The van der Waals surface area contributed by atoms with Crippen LogP contribution < -0.4 is 5.32 Å².